The van der Waals surface area contributed by atoms with Crippen LogP contribution in [0.1, 0.15) is 25.0 Å². The number of rotatable bonds is 6. The second-order valence-electron chi connectivity index (χ2n) is 8.14. The van der Waals surface area contributed by atoms with Gasteiger partial charge in [-0.15, -0.1) is 0 Å². The van der Waals surface area contributed by atoms with Crippen molar-refractivity contribution in [3.8, 4) is 17.2 Å². The fourth-order valence-electron chi connectivity index (χ4n) is 4.34. The minimum absolute atomic E-state index is 0.0766. The van der Waals surface area contributed by atoms with E-state index in [-0.39, 0.29) is 11.3 Å². The van der Waals surface area contributed by atoms with E-state index in [0.29, 0.717) is 28.5 Å². The lowest BCUT2D eigenvalue weighted by atomic mass is 9.86. The molecule has 2 heterocycles. The van der Waals surface area contributed by atoms with Crippen molar-refractivity contribution in [3.63, 3.8) is 0 Å². The Morgan fingerprint density at radius 2 is 1.71 bits per heavy atom. The molecule has 180 valence electrons. The zero-order chi connectivity index (χ0) is 24.8. The predicted molar refractivity (Wildman–Crippen MR) is 120 cm³/mol. The van der Waals surface area contributed by atoms with Crippen molar-refractivity contribution in [3.05, 3.63) is 47.3 Å². The SMILES string of the molecule is COC(=O)[C@@]1(C(C)C)N=C(c2cc(OC)c(OC)c(OC)c2)[C@]2(O1)C(=O)Nc1ccc(F)cc12. The van der Waals surface area contributed by atoms with Gasteiger partial charge >= 0.3 is 5.97 Å². The highest BCUT2D eigenvalue weighted by Crippen LogP contribution is 2.52. The first kappa shape index (κ1) is 23.5. The van der Waals surface area contributed by atoms with Crippen LogP contribution in [0.25, 0.3) is 0 Å². The average molecular weight is 472 g/mol. The van der Waals surface area contributed by atoms with Gasteiger partial charge in [-0.25, -0.2) is 14.2 Å². The summed E-state index contributed by atoms with van der Waals surface area (Å²) in [5.74, 6) is -1.61. The maximum atomic E-state index is 14.4. The molecule has 34 heavy (non-hydrogen) atoms. The number of nitrogens with one attached hydrogen (secondary N) is 1. The highest BCUT2D eigenvalue weighted by molar-refractivity contribution is 6.28. The van der Waals surface area contributed by atoms with Gasteiger partial charge in [-0.05, 0) is 30.3 Å². The lowest BCUT2D eigenvalue weighted by Gasteiger charge is -2.31. The predicted octanol–water partition coefficient (Wildman–Crippen LogP) is 3.04. The molecule has 2 atom stereocenters. The second kappa shape index (κ2) is 8.28. The number of carbonyl (C=O) groups is 2. The largest absolute Gasteiger partial charge is 0.493 e. The molecule has 0 aliphatic carbocycles. The Kier molecular flexibility index (Phi) is 5.72. The molecule has 9 nitrogen and oxygen atoms in total. The molecule has 2 aromatic rings. The third-order valence-corrected chi connectivity index (χ3v) is 6.05. The lowest BCUT2D eigenvalue weighted by Crippen LogP contribution is -2.50. The number of esters is 1. The molecular formula is C24H25FN2O7. The number of hydrogen-bond acceptors (Lipinski definition) is 8. The summed E-state index contributed by atoms with van der Waals surface area (Å²) in [4.78, 5) is 31.2. The average Bonchev–Trinajstić information content (AvgIpc) is 3.34. The Bertz CT molecular complexity index is 1190. The van der Waals surface area contributed by atoms with Crippen LogP contribution >= 0.6 is 0 Å². The van der Waals surface area contributed by atoms with Crippen molar-refractivity contribution < 1.29 is 37.7 Å². The summed E-state index contributed by atoms with van der Waals surface area (Å²) in [5.41, 5.74) is -2.83. The molecule has 2 aliphatic rings. The van der Waals surface area contributed by atoms with E-state index in [1.54, 1.807) is 26.0 Å². The molecule has 1 amide bonds. The van der Waals surface area contributed by atoms with E-state index in [1.807, 2.05) is 0 Å². The number of carbonyl (C=O) groups excluding carboxylic acids is 2. The Hall–Kier alpha value is -3.66. The summed E-state index contributed by atoms with van der Waals surface area (Å²) in [6, 6.07) is 7.02. The fraction of sp³-hybridized carbons (Fsp3) is 0.375. The first-order valence-electron chi connectivity index (χ1n) is 10.5. The second-order valence-corrected chi connectivity index (χ2v) is 8.14. The first-order valence-corrected chi connectivity index (χ1v) is 10.5. The molecule has 0 unspecified atom stereocenters. The van der Waals surface area contributed by atoms with Crippen LogP contribution in [0.5, 0.6) is 17.2 Å². The summed E-state index contributed by atoms with van der Waals surface area (Å²) in [5, 5.41) is 2.72. The Labute approximate surface area is 195 Å². The number of fused-ring (bicyclic) bond motifs is 2. The van der Waals surface area contributed by atoms with E-state index < -0.39 is 34.9 Å². The first-order chi connectivity index (χ1) is 16.2. The molecule has 0 radical (unpaired) electrons. The normalized spacial score (nSPS) is 22.9. The van der Waals surface area contributed by atoms with Gasteiger partial charge in [-0.1, -0.05) is 13.8 Å². The van der Waals surface area contributed by atoms with Crippen LogP contribution in [0.4, 0.5) is 10.1 Å². The van der Waals surface area contributed by atoms with E-state index >= 15 is 0 Å². The molecule has 1 N–H and O–H groups in total. The van der Waals surface area contributed by atoms with Crippen LogP contribution in [-0.4, -0.2) is 51.8 Å². The molecule has 0 saturated heterocycles. The van der Waals surface area contributed by atoms with E-state index in [9.17, 15) is 14.0 Å². The molecule has 2 aromatic carbocycles. The number of hydrogen-bond donors (Lipinski definition) is 1. The zero-order valence-electron chi connectivity index (χ0n) is 19.6. The number of methoxy groups -OCH3 is 4. The van der Waals surface area contributed by atoms with E-state index in [1.165, 1.54) is 46.6 Å². The van der Waals surface area contributed by atoms with Crippen molar-refractivity contribution in [2.45, 2.75) is 25.2 Å². The Balaban J connectivity index is 2.07. The highest BCUT2D eigenvalue weighted by Gasteiger charge is 2.65. The van der Waals surface area contributed by atoms with Crippen LogP contribution in [0.15, 0.2) is 35.3 Å². The fourth-order valence-corrected chi connectivity index (χ4v) is 4.34. The summed E-state index contributed by atoms with van der Waals surface area (Å²) < 4.78 is 42.0. The smallest absolute Gasteiger partial charge is 0.361 e. The van der Waals surface area contributed by atoms with Crippen LogP contribution in [0, 0.1) is 11.7 Å². The minimum Gasteiger partial charge on any atom is -0.493 e. The van der Waals surface area contributed by atoms with E-state index in [2.05, 4.69) is 10.3 Å². The van der Waals surface area contributed by atoms with Crippen molar-refractivity contribution in [1.29, 1.82) is 0 Å². The molecule has 4 rings (SSSR count). The number of aliphatic imine (C=N–C) groups is 1. The third-order valence-electron chi connectivity index (χ3n) is 6.05. The zero-order valence-corrected chi connectivity index (χ0v) is 19.6. The molecule has 2 aliphatic heterocycles. The van der Waals surface area contributed by atoms with Gasteiger partial charge in [0.15, 0.2) is 11.5 Å². The van der Waals surface area contributed by atoms with Gasteiger partial charge in [0.1, 0.15) is 5.82 Å². The summed E-state index contributed by atoms with van der Waals surface area (Å²) in [7, 11) is 5.56. The summed E-state index contributed by atoms with van der Waals surface area (Å²) >= 11 is 0. The van der Waals surface area contributed by atoms with Gasteiger partial charge in [-0.3, -0.25) is 4.79 Å². The van der Waals surface area contributed by atoms with E-state index in [4.69, 9.17) is 23.7 Å². The van der Waals surface area contributed by atoms with Gasteiger partial charge in [0, 0.05) is 22.7 Å². The van der Waals surface area contributed by atoms with Crippen molar-refractivity contribution in [2.75, 3.05) is 33.8 Å². The third kappa shape index (κ3) is 3.12. The van der Waals surface area contributed by atoms with E-state index in [0.717, 1.165) is 0 Å². The minimum atomic E-state index is -1.93. The maximum absolute atomic E-state index is 14.4. The monoisotopic (exact) mass is 472 g/mol. The van der Waals surface area contributed by atoms with Crippen LogP contribution < -0.4 is 19.5 Å². The van der Waals surface area contributed by atoms with Crippen molar-refractivity contribution in [1.82, 2.24) is 0 Å². The molecule has 0 saturated carbocycles. The molecule has 0 bridgehead atoms. The number of ether oxygens (including phenoxy) is 5. The molecular weight excluding hydrogens is 447 g/mol. The Morgan fingerprint density at radius 3 is 2.24 bits per heavy atom. The number of benzene rings is 2. The van der Waals surface area contributed by atoms with Crippen LogP contribution in [0.3, 0.4) is 0 Å². The van der Waals surface area contributed by atoms with Crippen LogP contribution in [0.2, 0.25) is 0 Å². The van der Waals surface area contributed by atoms with Gasteiger partial charge < -0.3 is 29.0 Å². The maximum Gasteiger partial charge on any atom is 0.361 e. The highest BCUT2D eigenvalue weighted by atomic mass is 19.1. The van der Waals surface area contributed by atoms with Gasteiger partial charge in [0.2, 0.25) is 11.4 Å². The van der Waals surface area contributed by atoms with Crippen LogP contribution in [-0.2, 0) is 24.7 Å². The molecule has 1 spiro atoms. The lowest BCUT2D eigenvalue weighted by molar-refractivity contribution is -0.187. The molecule has 0 fully saturated rings. The Morgan fingerprint density at radius 1 is 1.06 bits per heavy atom. The number of amides is 1. The molecule has 0 aromatic heterocycles. The van der Waals surface area contributed by atoms with Crippen molar-refractivity contribution in [2.24, 2.45) is 10.9 Å². The van der Waals surface area contributed by atoms with Gasteiger partial charge in [0.05, 0.1) is 34.2 Å². The van der Waals surface area contributed by atoms with Gasteiger partial charge in [-0.2, -0.15) is 0 Å². The summed E-state index contributed by atoms with van der Waals surface area (Å²) in [6.07, 6.45) is 0. The molecule has 10 heteroatoms. The number of anilines is 1. The topological polar surface area (TPSA) is 105 Å². The number of halogens is 1. The number of nitrogens with zero attached hydrogens (tertiary/aromatic N) is 1. The summed E-state index contributed by atoms with van der Waals surface area (Å²) in [6.45, 7) is 3.43. The quantitative estimate of drug-likeness (QED) is 0.645. The standard InChI is InChI=1S/C24H25FN2O7/c1-12(2)24(22(29)33-6)27-20(13-9-17(30-3)19(32-5)18(10-13)31-4)23(34-24)15-11-14(25)7-8-16(15)26-21(23)28/h7-12H,1-6H3,(H,26,28)/t23-,24-/m0/s1. The van der Waals surface area contributed by atoms with Crippen molar-refractivity contribution >= 4 is 23.3 Å². The van der Waals surface area contributed by atoms with Gasteiger partial charge in [0.25, 0.3) is 11.6 Å².